The third kappa shape index (κ3) is 6.19. The fourth-order valence-corrected chi connectivity index (χ4v) is 4.72. The highest BCUT2D eigenvalue weighted by atomic mass is 16.5. The first-order valence-electron chi connectivity index (χ1n) is 11.3. The Morgan fingerprint density at radius 3 is 2.33 bits per heavy atom. The Labute approximate surface area is 180 Å². The number of ether oxygens (including phenoxy) is 1. The minimum absolute atomic E-state index is 0.0466. The van der Waals surface area contributed by atoms with Gasteiger partial charge < -0.3 is 19.8 Å². The van der Waals surface area contributed by atoms with E-state index < -0.39 is 11.2 Å². The molecule has 1 atom stereocenters. The molecule has 168 valence electrons. The molecule has 1 amide bonds. The van der Waals surface area contributed by atoms with E-state index in [0.29, 0.717) is 26.2 Å². The number of β-amino-alcohol motifs (C(OH)–C–C–N with tert-alkyl or cyclic N) is 2. The van der Waals surface area contributed by atoms with Crippen LogP contribution >= 0.6 is 0 Å². The van der Waals surface area contributed by atoms with Crippen molar-refractivity contribution in [2.45, 2.75) is 70.5 Å². The van der Waals surface area contributed by atoms with Gasteiger partial charge in [-0.1, -0.05) is 31.7 Å². The van der Waals surface area contributed by atoms with Crippen molar-refractivity contribution in [3.63, 3.8) is 0 Å². The van der Waals surface area contributed by atoms with E-state index in [0.717, 1.165) is 37.0 Å². The molecule has 0 unspecified atom stereocenters. The zero-order chi connectivity index (χ0) is 21.8. The van der Waals surface area contributed by atoms with Crippen molar-refractivity contribution < 1.29 is 19.7 Å². The molecule has 1 aliphatic heterocycles. The third-order valence-corrected chi connectivity index (χ3v) is 6.67. The van der Waals surface area contributed by atoms with Crippen LogP contribution in [0.4, 0.5) is 0 Å². The van der Waals surface area contributed by atoms with Crippen LogP contribution in [0.1, 0.15) is 56.6 Å². The lowest BCUT2D eigenvalue weighted by Crippen LogP contribution is -2.54. The zero-order valence-electron chi connectivity index (χ0n) is 18.8. The highest BCUT2D eigenvalue weighted by molar-refractivity contribution is 5.73. The number of benzene rings is 1. The number of rotatable bonds is 5. The van der Waals surface area contributed by atoms with Crippen LogP contribution in [0.5, 0.6) is 5.75 Å². The summed E-state index contributed by atoms with van der Waals surface area (Å²) >= 11 is 0. The number of hydrogen-bond acceptors (Lipinski definition) is 5. The molecule has 6 heteroatoms. The Hall–Kier alpha value is -1.63. The van der Waals surface area contributed by atoms with Crippen LogP contribution in [0.15, 0.2) is 18.2 Å². The molecular formula is C24H38N2O4. The Balaban J connectivity index is 1.72. The fraction of sp³-hybridized carbons (Fsp3) is 0.708. The smallest absolute Gasteiger partial charge is 0.219 e. The molecule has 1 aromatic rings. The molecule has 1 saturated carbocycles. The molecule has 1 aliphatic carbocycles. The summed E-state index contributed by atoms with van der Waals surface area (Å²) in [5, 5.41) is 22.6. The van der Waals surface area contributed by atoms with Crippen molar-refractivity contribution >= 4 is 5.91 Å². The SMILES string of the molecule is CC(=O)N1CCN(CC2(O)CCCCCC2)C[C@](O)(COc2ccc(C)c(C)c2)C1. The molecule has 0 aromatic heterocycles. The van der Waals surface area contributed by atoms with E-state index >= 15 is 0 Å². The maximum atomic E-state index is 12.1. The minimum atomic E-state index is -1.19. The first-order valence-corrected chi connectivity index (χ1v) is 11.3. The third-order valence-electron chi connectivity index (χ3n) is 6.67. The molecule has 1 saturated heterocycles. The topological polar surface area (TPSA) is 73.2 Å². The fourth-order valence-electron chi connectivity index (χ4n) is 4.72. The molecule has 2 aliphatic rings. The van der Waals surface area contributed by atoms with E-state index in [1.807, 2.05) is 25.1 Å². The molecule has 2 fully saturated rings. The monoisotopic (exact) mass is 418 g/mol. The summed E-state index contributed by atoms with van der Waals surface area (Å²) < 4.78 is 5.97. The van der Waals surface area contributed by atoms with Gasteiger partial charge in [0.25, 0.3) is 0 Å². The zero-order valence-corrected chi connectivity index (χ0v) is 18.8. The van der Waals surface area contributed by atoms with Gasteiger partial charge in [0, 0.05) is 33.1 Å². The van der Waals surface area contributed by atoms with Gasteiger partial charge in [0.05, 0.1) is 12.1 Å². The summed E-state index contributed by atoms with van der Waals surface area (Å²) in [6.07, 6.45) is 6.05. The first kappa shape index (κ1) is 23.0. The van der Waals surface area contributed by atoms with Gasteiger partial charge >= 0.3 is 0 Å². The average Bonchev–Trinajstić information content (AvgIpc) is 2.99. The second-order valence-corrected chi connectivity index (χ2v) is 9.55. The van der Waals surface area contributed by atoms with E-state index in [2.05, 4.69) is 11.8 Å². The van der Waals surface area contributed by atoms with Crippen molar-refractivity contribution in [3.8, 4) is 5.75 Å². The molecule has 3 rings (SSSR count). The average molecular weight is 419 g/mol. The van der Waals surface area contributed by atoms with Gasteiger partial charge in [-0.25, -0.2) is 0 Å². The van der Waals surface area contributed by atoms with Gasteiger partial charge in [-0.3, -0.25) is 9.69 Å². The number of carbonyl (C=O) groups is 1. The van der Waals surface area contributed by atoms with E-state index in [1.54, 1.807) is 11.8 Å². The van der Waals surface area contributed by atoms with Gasteiger partial charge in [0.1, 0.15) is 18.0 Å². The molecule has 0 radical (unpaired) electrons. The van der Waals surface area contributed by atoms with Crippen LogP contribution in [0.25, 0.3) is 0 Å². The van der Waals surface area contributed by atoms with E-state index in [1.165, 1.54) is 18.4 Å². The van der Waals surface area contributed by atoms with E-state index in [9.17, 15) is 15.0 Å². The summed E-state index contributed by atoms with van der Waals surface area (Å²) in [5.41, 5.74) is 0.434. The van der Waals surface area contributed by atoms with Crippen LogP contribution in [0, 0.1) is 13.8 Å². The summed E-state index contributed by atoms with van der Waals surface area (Å²) in [4.78, 5) is 15.9. The summed E-state index contributed by atoms with van der Waals surface area (Å²) in [6, 6.07) is 5.90. The highest BCUT2D eigenvalue weighted by Gasteiger charge is 2.39. The van der Waals surface area contributed by atoms with E-state index in [4.69, 9.17) is 4.74 Å². The summed E-state index contributed by atoms with van der Waals surface area (Å²) in [7, 11) is 0. The van der Waals surface area contributed by atoms with Crippen LogP contribution < -0.4 is 4.74 Å². The van der Waals surface area contributed by atoms with Gasteiger partial charge in [0.15, 0.2) is 0 Å². The number of amides is 1. The van der Waals surface area contributed by atoms with Crippen molar-refractivity contribution in [1.29, 1.82) is 0 Å². The van der Waals surface area contributed by atoms with Crippen LogP contribution in [0.2, 0.25) is 0 Å². The lowest BCUT2D eigenvalue weighted by molar-refractivity contribution is -0.132. The summed E-state index contributed by atoms with van der Waals surface area (Å²) in [6.45, 7) is 8.09. The number of aryl methyl sites for hydroxylation is 2. The lowest BCUT2D eigenvalue weighted by Gasteiger charge is -2.36. The largest absolute Gasteiger partial charge is 0.490 e. The van der Waals surface area contributed by atoms with E-state index in [-0.39, 0.29) is 19.1 Å². The van der Waals surface area contributed by atoms with Gasteiger partial charge in [-0.2, -0.15) is 0 Å². The predicted molar refractivity (Wildman–Crippen MR) is 118 cm³/mol. The molecule has 30 heavy (non-hydrogen) atoms. The second kappa shape index (κ2) is 9.67. The normalized spacial score (nSPS) is 25.4. The van der Waals surface area contributed by atoms with Crippen LogP contribution in [-0.2, 0) is 4.79 Å². The lowest BCUT2D eigenvalue weighted by atomic mass is 9.93. The standard InChI is InChI=1S/C24H38N2O4/c1-19-8-9-22(14-20(19)2)30-18-24(29)16-25(12-13-26(17-24)21(3)27)15-23(28)10-6-4-5-7-11-23/h8-9,14,28-29H,4-7,10-13,15-18H2,1-3H3/t24-/m1/s1. The minimum Gasteiger partial charge on any atom is -0.490 e. The van der Waals surface area contributed by atoms with Crippen LogP contribution in [0.3, 0.4) is 0 Å². The second-order valence-electron chi connectivity index (χ2n) is 9.55. The molecule has 2 N–H and O–H groups in total. The first-order chi connectivity index (χ1) is 14.2. The number of hydrogen-bond donors (Lipinski definition) is 2. The highest BCUT2D eigenvalue weighted by Crippen LogP contribution is 2.29. The van der Waals surface area contributed by atoms with Crippen molar-refractivity contribution in [1.82, 2.24) is 9.80 Å². The Bertz CT molecular complexity index is 730. The molecule has 0 spiro atoms. The van der Waals surface area contributed by atoms with Gasteiger partial charge in [-0.15, -0.1) is 0 Å². The van der Waals surface area contributed by atoms with Crippen LogP contribution in [-0.4, -0.2) is 76.5 Å². The van der Waals surface area contributed by atoms with Gasteiger partial charge in [0.2, 0.25) is 5.91 Å². The summed E-state index contributed by atoms with van der Waals surface area (Å²) in [5.74, 6) is 0.675. The quantitative estimate of drug-likeness (QED) is 0.720. The number of aliphatic hydroxyl groups is 2. The predicted octanol–water partition coefficient (Wildman–Crippen LogP) is 2.66. The maximum absolute atomic E-state index is 12.1. The number of nitrogens with zero attached hydrogens (tertiary/aromatic N) is 2. The molecule has 6 nitrogen and oxygen atoms in total. The van der Waals surface area contributed by atoms with Gasteiger partial charge in [-0.05, 0) is 49.9 Å². The van der Waals surface area contributed by atoms with Crippen molar-refractivity contribution in [2.24, 2.45) is 0 Å². The number of carbonyl (C=O) groups excluding carboxylic acids is 1. The molecule has 1 heterocycles. The molecular weight excluding hydrogens is 380 g/mol. The van der Waals surface area contributed by atoms with Crippen molar-refractivity contribution in [2.75, 3.05) is 39.3 Å². The Kier molecular flexibility index (Phi) is 7.43. The maximum Gasteiger partial charge on any atom is 0.219 e. The molecule has 0 bridgehead atoms. The Morgan fingerprint density at radius 2 is 1.70 bits per heavy atom. The van der Waals surface area contributed by atoms with Crippen molar-refractivity contribution in [3.05, 3.63) is 29.3 Å². The molecule has 1 aromatic carbocycles. The Morgan fingerprint density at radius 1 is 1.00 bits per heavy atom.